The van der Waals surface area contributed by atoms with E-state index in [1.165, 1.54) is 12.1 Å². The van der Waals surface area contributed by atoms with Gasteiger partial charge in [0.25, 0.3) is 0 Å². The molecular formula is C10H10BrFN2O3. The van der Waals surface area contributed by atoms with Crippen LogP contribution in [-0.4, -0.2) is 23.1 Å². The summed E-state index contributed by atoms with van der Waals surface area (Å²) in [5.74, 6) is -1.38. The van der Waals surface area contributed by atoms with Gasteiger partial charge in [-0.25, -0.2) is 9.18 Å². The number of carboxylic acid groups (broad SMARTS) is 1. The summed E-state index contributed by atoms with van der Waals surface area (Å²) in [5.41, 5.74) is 5.23. The largest absolute Gasteiger partial charge is 0.465 e. The summed E-state index contributed by atoms with van der Waals surface area (Å²) in [6.07, 6.45) is -1.51. The van der Waals surface area contributed by atoms with Crippen LogP contribution in [0.1, 0.15) is 5.56 Å². The number of nitrogens with two attached hydrogens (primary N) is 1. The van der Waals surface area contributed by atoms with Gasteiger partial charge in [-0.1, -0.05) is 22.0 Å². The maximum absolute atomic E-state index is 13.5. The lowest BCUT2D eigenvalue weighted by atomic mass is 10.1. The second kappa shape index (κ2) is 5.62. The first-order chi connectivity index (χ1) is 7.90. The summed E-state index contributed by atoms with van der Waals surface area (Å²) in [7, 11) is 0. The van der Waals surface area contributed by atoms with E-state index in [0.717, 1.165) is 0 Å². The molecule has 0 aliphatic heterocycles. The molecule has 1 aromatic rings. The van der Waals surface area contributed by atoms with E-state index in [9.17, 15) is 14.0 Å². The molecule has 0 saturated heterocycles. The number of primary amides is 1. The molecule has 0 saturated carbocycles. The predicted octanol–water partition coefficient (Wildman–Crippen LogP) is 1.25. The van der Waals surface area contributed by atoms with Crippen molar-refractivity contribution in [1.29, 1.82) is 0 Å². The first-order valence-corrected chi connectivity index (χ1v) is 5.42. The Morgan fingerprint density at radius 1 is 1.53 bits per heavy atom. The number of halogens is 2. The minimum Gasteiger partial charge on any atom is -0.465 e. The van der Waals surface area contributed by atoms with Crippen LogP contribution in [0.3, 0.4) is 0 Å². The third kappa shape index (κ3) is 4.03. The summed E-state index contributed by atoms with van der Waals surface area (Å²) in [6, 6.07) is 3.13. The molecule has 0 fully saturated rings. The molecule has 0 unspecified atom stereocenters. The van der Waals surface area contributed by atoms with E-state index in [0.29, 0.717) is 4.47 Å². The van der Waals surface area contributed by atoms with Gasteiger partial charge in [-0.2, -0.15) is 0 Å². The highest BCUT2D eigenvalue weighted by atomic mass is 79.9. The van der Waals surface area contributed by atoms with Crippen LogP contribution in [0.4, 0.5) is 9.18 Å². The number of hydrogen-bond acceptors (Lipinski definition) is 2. The topological polar surface area (TPSA) is 92.4 Å². The second-order valence-electron chi connectivity index (χ2n) is 3.34. The number of carbonyl (C=O) groups is 2. The highest BCUT2D eigenvalue weighted by Gasteiger charge is 2.19. The molecule has 0 aliphatic rings. The van der Waals surface area contributed by atoms with E-state index in [4.69, 9.17) is 10.8 Å². The summed E-state index contributed by atoms with van der Waals surface area (Å²) in [5, 5.41) is 10.4. The minimum absolute atomic E-state index is 0.124. The Morgan fingerprint density at radius 2 is 2.18 bits per heavy atom. The maximum Gasteiger partial charge on any atom is 0.405 e. The third-order valence-electron chi connectivity index (χ3n) is 2.08. The summed E-state index contributed by atoms with van der Waals surface area (Å²) < 4.78 is 14.0. The molecule has 7 heteroatoms. The highest BCUT2D eigenvalue weighted by molar-refractivity contribution is 9.10. The molecule has 1 atom stereocenters. The van der Waals surface area contributed by atoms with Crippen molar-refractivity contribution in [1.82, 2.24) is 5.32 Å². The van der Waals surface area contributed by atoms with Crippen molar-refractivity contribution in [2.45, 2.75) is 12.5 Å². The lowest BCUT2D eigenvalue weighted by molar-refractivity contribution is -0.119. The van der Waals surface area contributed by atoms with Crippen LogP contribution in [0.2, 0.25) is 0 Å². The Hall–Kier alpha value is -1.63. The van der Waals surface area contributed by atoms with Crippen molar-refractivity contribution >= 4 is 27.9 Å². The lowest BCUT2D eigenvalue weighted by Gasteiger charge is -2.13. The van der Waals surface area contributed by atoms with Crippen LogP contribution in [0.25, 0.3) is 0 Å². The van der Waals surface area contributed by atoms with Crippen molar-refractivity contribution < 1.29 is 19.1 Å². The quantitative estimate of drug-likeness (QED) is 0.781. The number of rotatable bonds is 4. The molecule has 1 rings (SSSR count). The second-order valence-corrected chi connectivity index (χ2v) is 4.26. The van der Waals surface area contributed by atoms with Crippen LogP contribution >= 0.6 is 15.9 Å². The average Bonchev–Trinajstić information content (AvgIpc) is 2.19. The molecule has 92 valence electrons. The third-order valence-corrected chi connectivity index (χ3v) is 2.57. The Balaban J connectivity index is 2.86. The fraction of sp³-hybridized carbons (Fsp3) is 0.200. The SMILES string of the molecule is NC(=O)[C@H](Cc1ccc(Br)cc1F)NC(=O)O. The number of hydrogen-bond donors (Lipinski definition) is 3. The molecule has 1 aromatic carbocycles. The number of nitrogens with one attached hydrogen (secondary N) is 1. The zero-order valence-electron chi connectivity index (χ0n) is 8.61. The zero-order chi connectivity index (χ0) is 13.0. The fourth-order valence-electron chi connectivity index (χ4n) is 1.28. The highest BCUT2D eigenvalue weighted by Crippen LogP contribution is 2.16. The fourth-order valence-corrected chi connectivity index (χ4v) is 1.61. The van der Waals surface area contributed by atoms with Crippen molar-refractivity contribution in [2.24, 2.45) is 5.73 Å². The molecule has 0 bridgehead atoms. The standard InChI is InChI=1S/C10H10BrFN2O3/c11-6-2-1-5(7(12)4-6)3-8(9(13)15)14-10(16)17/h1-2,4,8,14H,3H2,(H2,13,15)(H,16,17)/t8-/m0/s1. The molecular weight excluding hydrogens is 295 g/mol. The summed E-state index contributed by atoms with van der Waals surface area (Å²) in [4.78, 5) is 21.4. The van der Waals surface area contributed by atoms with Crippen LogP contribution in [-0.2, 0) is 11.2 Å². The molecule has 17 heavy (non-hydrogen) atoms. The lowest BCUT2D eigenvalue weighted by Crippen LogP contribution is -2.45. The molecule has 2 amide bonds. The van der Waals surface area contributed by atoms with Gasteiger partial charge >= 0.3 is 6.09 Å². The van der Waals surface area contributed by atoms with E-state index < -0.39 is 23.9 Å². The first-order valence-electron chi connectivity index (χ1n) is 4.63. The van der Waals surface area contributed by atoms with Gasteiger partial charge in [0, 0.05) is 10.9 Å². The van der Waals surface area contributed by atoms with Crippen LogP contribution in [0.5, 0.6) is 0 Å². The van der Waals surface area contributed by atoms with Gasteiger partial charge in [-0.15, -0.1) is 0 Å². The van der Waals surface area contributed by atoms with E-state index in [1.54, 1.807) is 6.07 Å². The number of carbonyl (C=O) groups excluding carboxylic acids is 1. The van der Waals surface area contributed by atoms with E-state index in [2.05, 4.69) is 15.9 Å². The van der Waals surface area contributed by atoms with Gasteiger partial charge in [0.15, 0.2) is 0 Å². The molecule has 5 nitrogen and oxygen atoms in total. The smallest absolute Gasteiger partial charge is 0.405 e. The van der Waals surface area contributed by atoms with Gasteiger partial charge in [-0.3, -0.25) is 4.79 Å². The monoisotopic (exact) mass is 304 g/mol. The normalized spacial score (nSPS) is 11.9. The Morgan fingerprint density at radius 3 is 2.65 bits per heavy atom. The van der Waals surface area contributed by atoms with Gasteiger partial charge < -0.3 is 16.2 Å². The predicted molar refractivity (Wildman–Crippen MR) is 61.9 cm³/mol. The Labute approximate surface area is 105 Å². The van der Waals surface area contributed by atoms with Crippen LogP contribution in [0.15, 0.2) is 22.7 Å². The number of amides is 2. The number of benzene rings is 1. The van der Waals surface area contributed by atoms with Crippen molar-refractivity contribution in [3.63, 3.8) is 0 Å². The van der Waals surface area contributed by atoms with Crippen LogP contribution < -0.4 is 11.1 Å². The van der Waals surface area contributed by atoms with Gasteiger partial charge in [0.2, 0.25) is 5.91 Å². The minimum atomic E-state index is -1.38. The maximum atomic E-state index is 13.5. The van der Waals surface area contributed by atoms with Gasteiger partial charge in [-0.05, 0) is 17.7 Å². The van der Waals surface area contributed by atoms with E-state index in [-0.39, 0.29) is 12.0 Å². The average molecular weight is 305 g/mol. The van der Waals surface area contributed by atoms with E-state index in [1.807, 2.05) is 5.32 Å². The van der Waals surface area contributed by atoms with Gasteiger partial charge in [0.1, 0.15) is 11.9 Å². The molecule has 0 aliphatic carbocycles. The van der Waals surface area contributed by atoms with Crippen LogP contribution in [0, 0.1) is 5.82 Å². The Kier molecular flexibility index (Phi) is 4.45. The van der Waals surface area contributed by atoms with Crippen molar-refractivity contribution in [3.05, 3.63) is 34.1 Å². The van der Waals surface area contributed by atoms with Crippen molar-refractivity contribution in [2.75, 3.05) is 0 Å². The Bertz CT molecular complexity index is 453. The molecule has 0 spiro atoms. The van der Waals surface area contributed by atoms with E-state index >= 15 is 0 Å². The van der Waals surface area contributed by atoms with Crippen molar-refractivity contribution in [3.8, 4) is 0 Å². The van der Waals surface area contributed by atoms with Gasteiger partial charge in [0.05, 0.1) is 0 Å². The zero-order valence-corrected chi connectivity index (χ0v) is 10.2. The summed E-state index contributed by atoms with van der Waals surface area (Å²) >= 11 is 3.09. The molecule has 4 N–H and O–H groups in total. The molecule has 0 heterocycles. The molecule has 0 radical (unpaired) electrons. The summed E-state index contributed by atoms with van der Waals surface area (Å²) in [6.45, 7) is 0. The molecule has 0 aromatic heterocycles. The first kappa shape index (κ1) is 13.4.